The summed E-state index contributed by atoms with van der Waals surface area (Å²) in [6.45, 7) is 18.4. The number of allylic oxidation sites excluding steroid dienone is 2. The second-order valence-electron chi connectivity index (χ2n) is 14.5. The molecule has 33 heavy (non-hydrogen) atoms. The molecule has 4 aliphatic carbocycles. The van der Waals surface area contributed by atoms with Gasteiger partial charge in [0.1, 0.15) is 0 Å². The lowest BCUT2D eigenvalue weighted by Gasteiger charge is -2.69. The molecular formula is C30H52O3. The van der Waals surface area contributed by atoms with Gasteiger partial charge in [0.15, 0.2) is 0 Å². The maximum atomic E-state index is 11.6. The second kappa shape index (κ2) is 8.07. The highest BCUT2D eigenvalue weighted by atomic mass is 16.3. The van der Waals surface area contributed by atoms with E-state index in [-0.39, 0.29) is 33.7 Å². The number of aliphatic hydroxyl groups is 3. The fourth-order valence-corrected chi connectivity index (χ4v) is 10.4. The molecule has 190 valence electrons. The Morgan fingerprint density at radius 2 is 1.58 bits per heavy atom. The topological polar surface area (TPSA) is 60.7 Å². The summed E-state index contributed by atoms with van der Waals surface area (Å²) in [6, 6.07) is 0. The average Bonchev–Trinajstić information content (AvgIpc) is 2.96. The van der Waals surface area contributed by atoms with Gasteiger partial charge in [-0.05, 0) is 118 Å². The van der Waals surface area contributed by atoms with Crippen LogP contribution in [0.4, 0.5) is 0 Å². The first-order chi connectivity index (χ1) is 15.1. The van der Waals surface area contributed by atoms with Gasteiger partial charge in [-0.1, -0.05) is 46.3 Å². The van der Waals surface area contributed by atoms with Crippen LogP contribution in [0.15, 0.2) is 11.6 Å². The molecule has 0 aromatic carbocycles. The van der Waals surface area contributed by atoms with Crippen molar-refractivity contribution < 1.29 is 15.3 Å². The zero-order valence-corrected chi connectivity index (χ0v) is 22.7. The Morgan fingerprint density at radius 1 is 0.909 bits per heavy atom. The van der Waals surface area contributed by atoms with Gasteiger partial charge < -0.3 is 15.3 Å². The normalized spacial score (nSPS) is 50.5. The minimum atomic E-state index is -0.838. The van der Waals surface area contributed by atoms with Crippen LogP contribution in [0.5, 0.6) is 0 Å². The number of hydrogen-bond acceptors (Lipinski definition) is 3. The van der Waals surface area contributed by atoms with Gasteiger partial charge in [0.25, 0.3) is 0 Å². The molecule has 0 radical (unpaired) electrons. The van der Waals surface area contributed by atoms with E-state index in [9.17, 15) is 15.3 Å². The molecule has 3 N–H and O–H groups in total. The van der Waals surface area contributed by atoms with E-state index in [2.05, 4.69) is 54.5 Å². The summed E-state index contributed by atoms with van der Waals surface area (Å²) in [7, 11) is 0. The van der Waals surface area contributed by atoms with Crippen molar-refractivity contribution in [1.82, 2.24) is 0 Å². The van der Waals surface area contributed by atoms with E-state index in [1.807, 2.05) is 6.92 Å². The van der Waals surface area contributed by atoms with Gasteiger partial charge in [0.05, 0.1) is 17.8 Å². The Labute approximate surface area is 203 Å². The van der Waals surface area contributed by atoms with Crippen LogP contribution in [0.2, 0.25) is 0 Å². The molecular weight excluding hydrogens is 408 g/mol. The third kappa shape index (κ3) is 3.61. The monoisotopic (exact) mass is 460 g/mol. The largest absolute Gasteiger partial charge is 0.393 e. The average molecular weight is 461 g/mol. The molecule has 0 spiro atoms. The van der Waals surface area contributed by atoms with E-state index in [1.54, 1.807) is 0 Å². The first kappa shape index (κ1) is 25.7. The molecule has 0 aromatic rings. The van der Waals surface area contributed by atoms with Crippen molar-refractivity contribution in [2.24, 2.45) is 45.3 Å². The Kier molecular flexibility index (Phi) is 6.28. The fraction of sp³-hybridized carbons (Fsp3) is 0.933. The minimum absolute atomic E-state index is 0.0294. The summed E-state index contributed by atoms with van der Waals surface area (Å²) < 4.78 is 0. The molecule has 4 rings (SSSR count). The summed E-state index contributed by atoms with van der Waals surface area (Å²) in [4.78, 5) is 0. The lowest BCUT2D eigenvalue weighted by atomic mass is 9.35. The van der Waals surface area contributed by atoms with Crippen LogP contribution in [0.3, 0.4) is 0 Å². The van der Waals surface area contributed by atoms with Crippen molar-refractivity contribution in [2.75, 3.05) is 0 Å². The predicted octanol–water partition coefficient (Wildman–Crippen LogP) is 6.50. The SMILES string of the molecule is CC(C)=CCCC(C)(O)C1C(O)CC2(C)C1CCC1C3(C)CCC(O)C(C)(C)C3CCC12C. The summed E-state index contributed by atoms with van der Waals surface area (Å²) in [5, 5.41) is 33.9. The van der Waals surface area contributed by atoms with E-state index in [4.69, 9.17) is 0 Å². The van der Waals surface area contributed by atoms with Crippen LogP contribution in [0, 0.1) is 45.3 Å². The number of hydrogen-bond donors (Lipinski definition) is 3. The van der Waals surface area contributed by atoms with Crippen LogP contribution in [-0.2, 0) is 0 Å². The van der Waals surface area contributed by atoms with Crippen molar-refractivity contribution in [2.45, 2.75) is 131 Å². The van der Waals surface area contributed by atoms with E-state index < -0.39 is 11.7 Å². The minimum Gasteiger partial charge on any atom is -0.393 e. The number of rotatable bonds is 4. The van der Waals surface area contributed by atoms with Crippen LogP contribution in [0.25, 0.3) is 0 Å². The third-order valence-corrected chi connectivity index (χ3v) is 12.3. The van der Waals surface area contributed by atoms with Gasteiger partial charge in [-0.15, -0.1) is 0 Å². The molecule has 0 aromatic heterocycles. The number of fused-ring (bicyclic) bond motifs is 5. The molecule has 3 nitrogen and oxygen atoms in total. The highest BCUT2D eigenvalue weighted by Crippen LogP contribution is 2.75. The molecule has 10 unspecified atom stereocenters. The molecule has 0 bridgehead atoms. The van der Waals surface area contributed by atoms with Gasteiger partial charge in [0, 0.05) is 5.92 Å². The summed E-state index contributed by atoms with van der Waals surface area (Å²) in [6.07, 6.45) is 10.7. The van der Waals surface area contributed by atoms with Gasteiger partial charge in [0.2, 0.25) is 0 Å². The lowest BCUT2D eigenvalue weighted by molar-refractivity contribution is -0.225. The van der Waals surface area contributed by atoms with E-state index in [0.717, 1.165) is 38.5 Å². The molecule has 0 heterocycles. The fourth-order valence-electron chi connectivity index (χ4n) is 10.4. The molecule has 0 amide bonds. The van der Waals surface area contributed by atoms with Crippen molar-refractivity contribution in [3.05, 3.63) is 11.6 Å². The van der Waals surface area contributed by atoms with E-state index in [1.165, 1.54) is 24.8 Å². The summed E-state index contributed by atoms with van der Waals surface area (Å²) in [5.74, 6) is 1.51. The van der Waals surface area contributed by atoms with Gasteiger partial charge in [-0.3, -0.25) is 0 Å². The van der Waals surface area contributed by atoms with Gasteiger partial charge in [-0.25, -0.2) is 0 Å². The van der Waals surface area contributed by atoms with Crippen LogP contribution in [-0.4, -0.2) is 33.1 Å². The second-order valence-corrected chi connectivity index (χ2v) is 14.5. The Morgan fingerprint density at radius 3 is 2.21 bits per heavy atom. The zero-order chi connectivity index (χ0) is 24.6. The Hall–Kier alpha value is -0.380. The number of aliphatic hydroxyl groups excluding tert-OH is 2. The standard InChI is InChI=1S/C30H52O3/c1-19(2)10-9-15-30(8,33)25-20-11-12-23-27(5)16-14-24(32)26(3,4)22(27)13-17-28(23,6)29(20,7)18-21(25)31/h10,20-25,31-33H,9,11-18H2,1-8H3. The van der Waals surface area contributed by atoms with Crippen molar-refractivity contribution >= 4 is 0 Å². The van der Waals surface area contributed by atoms with Crippen molar-refractivity contribution in [1.29, 1.82) is 0 Å². The highest BCUT2D eigenvalue weighted by molar-refractivity contribution is 5.19. The van der Waals surface area contributed by atoms with Gasteiger partial charge in [-0.2, -0.15) is 0 Å². The molecule has 4 fully saturated rings. The quantitative estimate of drug-likeness (QED) is 0.420. The third-order valence-electron chi connectivity index (χ3n) is 12.3. The van der Waals surface area contributed by atoms with Gasteiger partial charge >= 0.3 is 0 Å². The van der Waals surface area contributed by atoms with E-state index >= 15 is 0 Å². The molecule has 3 heteroatoms. The Balaban J connectivity index is 1.65. The first-order valence-electron chi connectivity index (χ1n) is 13.8. The summed E-state index contributed by atoms with van der Waals surface area (Å²) >= 11 is 0. The molecule has 0 saturated heterocycles. The maximum Gasteiger partial charge on any atom is 0.0678 e. The van der Waals surface area contributed by atoms with Crippen LogP contribution in [0.1, 0.15) is 113 Å². The maximum absolute atomic E-state index is 11.6. The van der Waals surface area contributed by atoms with Crippen molar-refractivity contribution in [3.63, 3.8) is 0 Å². The Bertz CT molecular complexity index is 779. The molecule has 4 saturated carbocycles. The first-order valence-corrected chi connectivity index (χ1v) is 13.8. The lowest BCUT2D eigenvalue weighted by Crippen LogP contribution is -2.64. The molecule has 10 atom stereocenters. The smallest absolute Gasteiger partial charge is 0.0678 e. The van der Waals surface area contributed by atoms with Crippen LogP contribution < -0.4 is 0 Å². The summed E-state index contributed by atoms with van der Waals surface area (Å²) in [5.41, 5.74) is 0.896. The van der Waals surface area contributed by atoms with Crippen LogP contribution >= 0.6 is 0 Å². The highest BCUT2D eigenvalue weighted by Gasteiger charge is 2.70. The molecule has 0 aliphatic heterocycles. The zero-order valence-electron chi connectivity index (χ0n) is 22.7. The van der Waals surface area contributed by atoms with E-state index in [0.29, 0.717) is 17.8 Å². The van der Waals surface area contributed by atoms with Crippen molar-refractivity contribution in [3.8, 4) is 0 Å². The molecule has 4 aliphatic rings. The predicted molar refractivity (Wildman–Crippen MR) is 136 cm³/mol.